The smallest absolute Gasteiger partial charge is 0.315 e. The number of ketones is 1. The molecule has 11 nitrogen and oxygen atoms in total. The average molecular weight is 702 g/mol. The summed E-state index contributed by atoms with van der Waals surface area (Å²) in [4.78, 5) is 61.0. The summed E-state index contributed by atoms with van der Waals surface area (Å²) < 4.78 is 12.7. The number of carbonyl (C=O) groups is 5. The van der Waals surface area contributed by atoms with Crippen molar-refractivity contribution in [2.24, 2.45) is 17.6 Å². The predicted molar refractivity (Wildman–Crippen MR) is 193 cm³/mol. The van der Waals surface area contributed by atoms with Crippen molar-refractivity contribution in [1.29, 1.82) is 0 Å². The van der Waals surface area contributed by atoms with Gasteiger partial charge in [0.15, 0.2) is 0 Å². The Labute approximate surface area is 295 Å². The Kier molecular flexibility index (Phi) is 14.4. The zero-order chi connectivity index (χ0) is 35.1. The van der Waals surface area contributed by atoms with Gasteiger partial charge in [-0.3, -0.25) is 23.4 Å². The van der Waals surface area contributed by atoms with Gasteiger partial charge in [-0.05, 0) is 95.6 Å². The van der Waals surface area contributed by atoms with E-state index in [9.17, 15) is 28.2 Å². The highest BCUT2D eigenvalue weighted by molar-refractivity contribution is 7.86. The number of urea groups is 1. The number of carbonyl (C=O) groups excluding carboxylic acids is 5. The van der Waals surface area contributed by atoms with E-state index in [0.29, 0.717) is 24.5 Å². The molecule has 1 heterocycles. The quantitative estimate of drug-likeness (QED) is 0.190. The van der Waals surface area contributed by atoms with Crippen LogP contribution in [0, 0.1) is 11.8 Å². The molecule has 1 saturated heterocycles. The maximum absolute atomic E-state index is 13.7. The largest absolute Gasteiger partial charge is 0.363 e. The summed E-state index contributed by atoms with van der Waals surface area (Å²) >= 11 is 0. The lowest BCUT2D eigenvalue weighted by Gasteiger charge is -2.40. The molecule has 274 valence electrons. The molecule has 0 aromatic heterocycles. The van der Waals surface area contributed by atoms with Crippen LogP contribution in [0.25, 0.3) is 0 Å². The van der Waals surface area contributed by atoms with Crippen LogP contribution in [0.3, 0.4) is 0 Å². The summed E-state index contributed by atoms with van der Waals surface area (Å²) in [6.07, 6.45) is 11.5. The molecule has 4 aliphatic rings. The molecule has 1 aromatic carbocycles. The van der Waals surface area contributed by atoms with Gasteiger partial charge in [0.2, 0.25) is 18.1 Å². The fourth-order valence-electron chi connectivity index (χ4n) is 7.26. The Morgan fingerprint density at radius 3 is 2.12 bits per heavy atom. The maximum Gasteiger partial charge on any atom is 0.315 e. The van der Waals surface area contributed by atoms with E-state index in [-0.39, 0.29) is 36.1 Å². The Bertz CT molecular complexity index is 1330. The number of nitrogens with one attached hydrogen (secondary N) is 3. The molecule has 3 aliphatic carbocycles. The summed E-state index contributed by atoms with van der Waals surface area (Å²) in [5, 5.41) is 8.69. The van der Waals surface area contributed by atoms with Crippen molar-refractivity contribution in [2.45, 2.75) is 141 Å². The molecule has 0 radical (unpaired) electrons. The minimum absolute atomic E-state index is 0. The highest BCUT2D eigenvalue weighted by Crippen LogP contribution is 2.34. The summed E-state index contributed by atoms with van der Waals surface area (Å²) in [5.74, 6) is -0.691. The lowest BCUT2D eigenvalue weighted by atomic mass is 9.83. The molecule has 5 amide bonds. The van der Waals surface area contributed by atoms with Crippen molar-refractivity contribution < 1.29 is 28.2 Å². The van der Waals surface area contributed by atoms with Gasteiger partial charge < -0.3 is 26.6 Å². The van der Waals surface area contributed by atoms with E-state index in [4.69, 9.17) is 5.73 Å². The molecular weight excluding hydrogens is 643 g/mol. The first kappa shape index (κ1) is 40.2. The van der Waals surface area contributed by atoms with Gasteiger partial charge in [0.05, 0.1) is 11.6 Å². The van der Waals surface area contributed by atoms with E-state index in [2.05, 4.69) is 35.0 Å². The number of nitrogens with zero attached hydrogens (tertiary/aromatic N) is 1. The number of hydrogen-bond acceptors (Lipinski definition) is 6. The Morgan fingerprint density at radius 2 is 1.63 bits per heavy atom. The summed E-state index contributed by atoms with van der Waals surface area (Å²) in [5.41, 5.74) is 6.89. The number of nitrogens with two attached hydrogens (primary N) is 1. The van der Waals surface area contributed by atoms with Gasteiger partial charge in [-0.15, -0.1) is 0 Å². The number of likely N-dealkylation sites (tertiary alicyclic amines) is 1. The van der Waals surface area contributed by atoms with E-state index < -0.39 is 40.1 Å². The van der Waals surface area contributed by atoms with Crippen molar-refractivity contribution in [2.75, 3.05) is 12.3 Å². The average Bonchev–Trinajstić information content (AvgIpc) is 3.58. The molecule has 2 saturated carbocycles. The number of amides is 5. The van der Waals surface area contributed by atoms with Crippen molar-refractivity contribution >= 4 is 40.8 Å². The Morgan fingerprint density at radius 1 is 1.02 bits per heavy atom. The number of Topliss-reactive ketones (excluding diaryl/α,β-unsaturated/α-hetero) is 1. The van der Waals surface area contributed by atoms with Crippen molar-refractivity contribution in [3.8, 4) is 0 Å². The number of rotatable bonds is 12. The van der Waals surface area contributed by atoms with E-state index in [1.807, 2.05) is 37.8 Å². The van der Waals surface area contributed by atoms with Crippen LogP contribution in [-0.4, -0.2) is 79.9 Å². The van der Waals surface area contributed by atoms with Crippen molar-refractivity contribution in [1.82, 2.24) is 20.9 Å². The van der Waals surface area contributed by atoms with Gasteiger partial charge in [0.25, 0.3) is 5.91 Å². The SMILES string of the molecule is C.CC1CCCN1C(=O)C(NC(=O)NC1(CS(=O)C(C)(C)C)CCCCC1)C1Cc2ccccc2C1.NC(=O)C(=O)C(CC1CC1)NC=O. The second-order valence-corrected chi connectivity index (χ2v) is 17.4. The van der Waals surface area contributed by atoms with Crippen LogP contribution in [0.15, 0.2) is 24.3 Å². The molecule has 0 spiro atoms. The topological polar surface area (TPSA) is 168 Å². The third-order valence-electron chi connectivity index (χ3n) is 10.3. The van der Waals surface area contributed by atoms with E-state index >= 15 is 0 Å². The van der Waals surface area contributed by atoms with Crippen LogP contribution >= 0.6 is 0 Å². The summed E-state index contributed by atoms with van der Waals surface area (Å²) in [6.45, 7) is 8.83. The summed E-state index contributed by atoms with van der Waals surface area (Å²) in [7, 11) is -1.07. The zero-order valence-electron chi connectivity index (χ0n) is 29.1. The van der Waals surface area contributed by atoms with E-state index in [1.165, 1.54) is 11.1 Å². The van der Waals surface area contributed by atoms with Crippen LogP contribution in [0.5, 0.6) is 0 Å². The first-order chi connectivity index (χ1) is 22.7. The number of fused-ring (bicyclic) bond motifs is 1. The van der Waals surface area contributed by atoms with Crippen LogP contribution in [0.1, 0.15) is 110 Å². The Balaban J connectivity index is 0.000000392. The number of hydrogen-bond donors (Lipinski definition) is 4. The second-order valence-electron chi connectivity index (χ2n) is 15.2. The van der Waals surface area contributed by atoms with Crippen LogP contribution < -0.4 is 21.7 Å². The molecule has 49 heavy (non-hydrogen) atoms. The predicted octanol–water partition coefficient (Wildman–Crippen LogP) is 3.92. The lowest BCUT2D eigenvalue weighted by Crippen LogP contribution is -2.61. The molecule has 4 unspecified atom stereocenters. The first-order valence-electron chi connectivity index (χ1n) is 17.6. The molecule has 12 heteroatoms. The minimum Gasteiger partial charge on any atom is -0.363 e. The maximum atomic E-state index is 13.7. The number of benzene rings is 1. The van der Waals surface area contributed by atoms with Gasteiger partial charge in [-0.2, -0.15) is 0 Å². The van der Waals surface area contributed by atoms with Gasteiger partial charge in [-0.1, -0.05) is 63.8 Å². The van der Waals surface area contributed by atoms with Crippen molar-refractivity contribution in [3.63, 3.8) is 0 Å². The monoisotopic (exact) mass is 701 g/mol. The highest BCUT2D eigenvalue weighted by Gasteiger charge is 2.42. The fourth-order valence-corrected chi connectivity index (χ4v) is 8.56. The van der Waals surface area contributed by atoms with Crippen LogP contribution in [0.4, 0.5) is 4.79 Å². The van der Waals surface area contributed by atoms with Crippen LogP contribution in [-0.2, 0) is 42.8 Å². The highest BCUT2D eigenvalue weighted by atomic mass is 32.2. The molecule has 1 aliphatic heterocycles. The van der Waals surface area contributed by atoms with Gasteiger partial charge in [-0.25, -0.2) is 4.79 Å². The third-order valence-corrected chi connectivity index (χ3v) is 12.5. The van der Waals surface area contributed by atoms with Gasteiger partial charge in [0, 0.05) is 33.9 Å². The van der Waals surface area contributed by atoms with Crippen molar-refractivity contribution in [3.05, 3.63) is 35.4 Å². The first-order valence-corrected chi connectivity index (χ1v) is 18.9. The fraction of sp³-hybridized carbons (Fsp3) is 0.703. The molecule has 0 bridgehead atoms. The zero-order valence-corrected chi connectivity index (χ0v) is 29.9. The van der Waals surface area contributed by atoms with E-state index in [0.717, 1.165) is 77.2 Å². The molecular formula is C37H59N5O6S. The molecule has 5 N–H and O–H groups in total. The molecule has 5 rings (SSSR count). The molecule has 3 fully saturated rings. The summed E-state index contributed by atoms with van der Waals surface area (Å²) in [6, 6.07) is 6.99. The minimum atomic E-state index is -1.07. The van der Waals surface area contributed by atoms with E-state index in [1.54, 1.807) is 0 Å². The standard InChI is InChI=1S/C28H43N3O3S.C8H12N2O3.CH4/c1-20-11-10-16-31(20)25(32)24(23-17-21-12-6-7-13-22(21)18-23)29-26(33)30-28(14-8-5-9-15-28)19-35(34)27(2,3)4;9-8(13)7(12)6(10-4-11)3-5-1-2-5;/h6-7,12-13,20,23-24H,5,8-11,14-19H2,1-4H3,(H2,29,30,33);4-6H,1-3H2,(H2,9,13)(H,10,11);1H4. The van der Waals surface area contributed by atoms with Gasteiger partial charge in [0.1, 0.15) is 6.04 Å². The lowest BCUT2D eigenvalue weighted by molar-refractivity contribution is -0.137. The normalized spacial score (nSPS) is 21.8. The Hall–Kier alpha value is -3.28. The number of primary amides is 1. The van der Waals surface area contributed by atoms with Gasteiger partial charge >= 0.3 is 6.03 Å². The molecule has 4 atom stereocenters. The van der Waals surface area contributed by atoms with Crippen LogP contribution in [0.2, 0.25) is 0 Å². The third kappa shape index (κ3) is 11.1. The second kappa shape index (κ2) is 17.6. The molecule has 1 aromatic rings.